The van der Waals surface area contributed by atoms with E-state index in [1.165, 1.54) is 42.4 Å². The highest BCUT2D eigenvalue weighted by Crippen LogP contribution is 2.63. The van der Waals surface area contributed by atoms with Crippen LogP contribution >= 0.6 is 11.3 Å². The molecule has 59 heavy (non-hydrogen) atoms. The molecule has 0 saturated carbocycles. The van der Waals surface area contributed by atoms with E-state index in [-0.39, 0.29) is 0 Å². The minimum Gasteiger partial charge on any atom is -0.449 e. The minimum atomic E-state index is -0.667. The summed E-state index contributed by atoms with van der Waals surface area (Å²) in [5.41, 5.74) is 12.0. The first-order valence-corrected chi connectivity index (χ1v) is 20.8. The molecule has 0 spiro atoms. The Bertz CT molecular complexity index is 3190. The van der Waals surface area contributed by atoms with Crippen molar-refractivity contribution in [2.24, 2.45) is 0 Å². The summed E-state index contributed by atoms with van der Waals surface area (Å²) in [5, 5.41) is 2.55. The summed E-state index contributed by atoms with van der Waals surface area (Å²) in [7, 11) is 0. The third-order valence-electron chi connectivity index (χ3n) is 12.0. The third-order valence-corrected chi connectivity index (χ3v) is 13.2. The van der Waals surface area contributed by atoms with Crippen molar-refractivity contribution in [2.75, 3.05) is 4.90 Å². The molecule has 1 unspecified atom stereocenters. The van der Waals surface area contributed by atoms with Gasteiger partial charge < -0.3 is 14.4 Å². The molecule has 1 aromatic heterocycles. The van der Waals surface area contributed by atoms with Crippen LogP contribution < -0.4 is 14.4 Å². The van der Waals surface area contributed by atoms with Crippen molar-refractivity contribution in [3.8, 4) is 45.3 Å². The van der Waals surface area contributed by atoms with E-state index in [2.05, 4.69) is 193 Å². The van der Waals surface area contributed by atoms with Crippen LogP contribution in [-0.2, 0) is 5.41 Å². The summed E-state index contributed by atoms with van der Waals surface area (Å²) < 4.78 is 15.9. The van der Waals surface area contributed by atoms with Crippen LogP contribution in [0.1, 0.15) is 22.3 Å². The van der Waals surface area contributed by atoms with E-state index in [1.807, 2.05) is 35.6 Å². The average molecular weight is 774 g/mol. The smallest absolute Gasteiger partial charge is 0.178 e. The highest BCUT2D eigenvalue weighted by molar-refractivity contribution is 7.26. The van der Waals surface area contributed by atoms with Gasteiger partial charge >= 0.3 is 0 Å². The number of nitrogens with zero attached hydrogens (tertiary/aromatic N) is 1. The number of ether oxygens (including phenoxy) is 2. The molecule has 2 aliphatic rings. The number of para-hydroxylation sites is 5. The summed E-state index contributed by atoms with van der Waals surface area (Å²) >= 11 is 1.88. The summed E-state index contributed by atoms with van der Waals surface area (Å²) in [6, 6.07) is 76.1. The standard InChI is InChI=1S/C55H35NO2S/c1-3-16-38(17-4-1)56(39-18-5-2-6-19-39)47-26-11-8-20-40(47)36-30-32-37(33-31-36)55(46-25-15-23-42-41-21-9-14-29-51(41)59-54(42)46)44-24-10-7-22-43(44)52-45(55)34-35-50-53(52)58-49-28-13-12-27-48(49)57-50/h1-35H. The Morgan fingerprint density at radius 2 is 1.02 bits per heavy atom. The molecule has 0 amide bonds. The summed E-state index contributed by atoms with van der Waals surface area (Å²) in [4.78, 5) is 2.35. The van der Waals surface area contributed by atoms with Crippen LogP contribution in [0, 0.1) is 0 Å². The Morgan fingerprint density at radius 1 is 0.407 bits per heavy atom. The number of fused-ring (bicyclic) bond motifs is 9. The van der Waals surface area contributed by atoms with Crippen molar-refractivity contribution >= 4 is 48.6 Å². The van der Waals surface area contributed by atoms with Gasteiger partial charge in [-0.05, 0) is 88.0 Å². The first-order chi connectivity index (χ1) is 29.3. The summed E-state index contributed by atoms with van der Waals surface area (Å²) in [6.45, 7) is 0. The van der Waals surface area contributed by atoms with E-state index >= 15 is 0 Å². The van der Waals surface area contributed by atoms with E-state index in [4.69, 9.17) is 9.47 Å². The number of anilines is 3. The van der Waals surface area contributed by atoms with Crippen LogP contribution in [0.2, 0.25) is 0 Å². The maximum Gasteiger partial charge on any atom is 0.178 e. The van der Waals surface area contributed by atoms with Crippen LogP contribution in [0.25, 0.3) is 42.4 Å². The van der Waals surface area contributed by atoms with Gasteiger partial charge in [0.2, 0.25) is 0 Å². The van der Waals surface area contributed by atoms with Gasteiger partial charge in [0.15, 0.2) is 23.0 Å². The molecule has 4 heteroatoms. The first-order valence-electron chi connectivity index (χ1n) is 20.0. The molecule has 9 aromatic carbocycles. The zero-order chi connectivity index (χ0) is 38.9. The molecule has 1 aliphatic carbocycles. The molecule has 0 radical (unpaired) electrons. The van der Waals surface area contributed by atoms with E-state index in [0.717, 1.165) is 62.3 Å². The lowest BCUT2D eigenvalue weighted by atomic mass is 9.67. The highest BCUT2D eigenvalue weighted by Gasteiger charge is 2.49. The SMILES string of the molecule is c1ccc(N(c2ccccc2)c2ccccc2-c2ccc(C3(c4cccc5c4sc4ccccc45)c4ccccc4-c4c3ccc3c4Oc4ccccc4O3)cc2)cc1. The second kappa shape index (κ2) is 13.3. The molecule has 1 aliphatic heterocycles. The maximum atomic E-state index is 6.84. The third kappa shape index (κ3) is 5.07. The molecule has 0 saturated heterocycles. The van der Waals surface area contributed by atoms with Crippen LogP contribution in [0.5, 0.6) is 23.0 Å². The second-order valence-electron chi connectivity index (χ2n) is 15.1. The zero-order valence-corrected chi connectivity index (χ0v) is 32.7. The van der Waals surface area contributed by atoms with Gasteiger partial charge in [0.25, 0.3) is 0 Å². The van der Waals surface area contributed by atoms with Gasteiger partial charge in [-0.15, -0.1) is 11.3 Å². The normalized spacial score (nSPS) is 14.8. The van der Waals surface area contributed by atoms with Gasteiger partial charge in [-0.25, -0.2) is 0 Å². The fourth-order valence-electron chi connectivity index (χ4n) is 9.54. The average Bonchev–Trinajstić information content (AvgIpc) is 3.84. The van der Waals surface area contributed by atoms with E-state index in [1.54, 1.807) is 0 Å². The monoisotopic (exact) mass is 773 g/mol. The summed E-state index contributed by atoms with van der Waals surface area (Å²) in [6.07, 6.45) is 0. The molecule has 12 rings (SSSR count). The molecular formula is C55H35NO2S. The molecule has 3 nitrogen and oxygen atoms in total. The van der Waals surface area contributed by atoms with Gasteiger partial charge in [-0.1, -0.05) is 158 Å². The predicted molar refractivity (Wildman–Crippen MR) is 243 cm³/mol. The minimum absolute atomic E-state index is 0.667. The van der Waals surface area contributed by atoms with Crippen molar-refractivity contribution in [3.05, 3.63) is 235 Å². The van der Waals surface area contributed by atoms with E-state index < -0.39 is 5.41 Å². The molecule has 278 valence electrons. The molecule has 0 N–H and O–H groups in total. The Balaban J connectivity index is 1.10. The van der Waals surface area contributed by atoms with E-state index in [0.29, 0.717) is 0 Å². The van der Waals surface area contributed by atoms with Crippen LogP contribution in [0.3, 0.4) is 0 Å². The second-order valence-corrected chi connectivity index (χ2v) is 16.2. The number of benzene rings is 9. The van der Waals surface area contributed by atoms with Crippen molar-refractivity contribution in [3.63, 3.8) is 0 Å². The van der Waals surface area contributed by atoms with Gasteiger partial charge in [0.05, 0.1) is 11.1 Å². The van der Waals surface area contributed by atoms with Crippen molar-refractivity contribution in [1.82, 2.24) is 0 Å². The predicted octanol–water partition coefficient (Wildman–Crippen LogP) is 15.5. The van der Waals surface area contributed by atoms with Gasteiger partial charge in [0, 0.05) is 42.7 Å². The Labute approximate surface area is 346 Å². The fraction of sp³-hybridized carbons (Fsp3) is 0.0182. The number of thiophene rings is 1. The van der Waals surface area contributed by atoms with Crippen LogP contribution in [0.15, 0.2) is 212 Å². The lowest BCUT2D eigenvalue weighted by Crippen LogP contribution is -2.28. The van der Waals surface area contributed by atoms with Crippen molar-refractivity contribution in [2.45, 2.75) is 5.41 Å². The maximum absolute atomic E-state index is 6.84. The van der Waals surface area contributed by atoms with Gasteiger partial charge in [0.1, 0.15) is 0 Å². The molecule has 0 fully saturated rings. The first kappa shape index (κ1) is 33.7. The lowest BCUT2D eigenvalue weighted by molar-refractivity contribution is 0.360. The quantitative estimate of drug-likeness (QED) is 0.168. The molecule has 10 aromatic rings. The van der Waals surface area contributed by atoms with E-state index in [9.17, 15) is 0 Å². The summed E-state index contributed by atoms with van der Waals surface area (Å²) in [5.74, 6) is 2.92. The van der Waals surface area contributed by atoms with Crippen LogP contribution in [-0.4, -0.2) is 0 Å². The Kier molecular flexibility index (Phi) is 7.62. The molecule has 1 atom stereocenters. The molecule has 2 heterocycles. The molecular weight excluding hydrogens is 739 g/mol. The van der Waals surface area contributed by atoms with Crippen molar-refractivity contribution < 1.29 is 9.47 Å². The van der Waals surface area contributed by atoms with Crippen molar-refractivity contribution in [1.29, 1.82) is 0 Å². The fourth-order valence-corrected chi connectivity index (χ4v) is 10.8. The Morgan fingerprint density at radius 3 is 1.80 bits per heavy atom. The van der Waals surface area contributed by atoms with Gasteiger partial charge in [-0.3, -0.25) is 0 Å². The Hall–Kier alpha value is -7.40. The molecule has 0 bridgehead atoms. The number of hydrogen-bond donors (Lipinski definition) is 0. The topological polar surface area (TPSA) is 21.7 Å². The lowest BCUT2D eigenvalue weighted by Gasteiger charge is -2.35. The zero-order valence-electron chi connectivity index (χ0n) is 31.9. The largest absolute Gasteiger partial charge is 0.449 e. The number of rotatable bonds is 6. The van der Waals surface area contributed by atoms with Crippen LogP contribution in [0.4, 0.5) is 17.1 Å². The number of hydrogen-bond acceptors (Lipinski definition) is 4. The highest BCUT2D eigenvalue weighted by atomic mass is 32.1. The van der Waals surface area contributed by atoms with Gasteiger partial charge in [-0.2, -0.15) is 0 Å².